The zero-order valence-electron chi connectivity index (χ0n) is 12.7. The third kappa shape index (κ3) is 3.74. The van der Waals surface area contributed by atoms with Crippen molar-refractivity contribution in [2.45, 2.75) is 6.92 Å². The minimum Gasteiger partial charge on any atom is -0.393 e. The summed E-state index contributed by atoms with van der Waals surface area (Å²) in [7, 11) is 0. The first-order valence-electron chi connectivity index (χ1n) is 7.05. The Balaban J connectivity index is 1.86. The molecule has 0 bridgehead atoms. The highest BCUT2D eigenvalue weighted by atomic mass is 79.9. The number of anilines is 5. The molecule has 0 amide bonds. The SMILES string of the molecule is Cc1cc(Cl)ccc1Nc1ncnc(Nc2ccc(Br)cn2)c1N. The van der Waals surface area contributed by atoms with Gasteiger partial charge in [-0.1, -0.05) is 11.6 Å². The second-order valence-electron chi connectivity index (χ2n) is 5.06. The summed E-state index contributed by atoms with van der Waals surface area (Å²) in [5, 5.41) is 6.96. The van der Waals surface area contributed by atoms with Crippen molar-refractivity contribution in [1.82, 2.24) is 15.0 Å². The van der Waals surface area contributed by atoms with Crippen LogP contribution >= 0.6 is 27.5 Å². The van der Waals surface area contributed by atoms with Crippen LogP contribution in [0.5, 0.6) is 0 Å². The molecule has 0 aliphatic carbocycles. The molecule has 3 aromatic rings. The van der Waals surface area contributed by atoms with Crippen LogP contribution in [0.25, 0.3) is 0 Å². The van der Waals surface area contributed by atoms with Crippen LogP contribution in [0, 0.1) is 6.92 Å². The molecule has 0 aliphatic rings. The number of aromatic nitrogens is 3. The molecule has 0 spiro atoms. The van der Waals surface area contributed by atoms with Crippen molar-refractivity contribution in [2.24, 2.45) is 0 Å². The van der Waals surface area contributed by atoms with Crippen molar-refractivity contribution in [1.29, 1.82) is 0 Å². The van der Waals surface area contributed by atoms with Gasteiger partial charge in [-0.2, -0.15) is 0 Å². The highest BCUT2D eigenvalue weighted by molar-refractivity contribution is 9.10. The predicted octanol–water partition coefficient (Wildman–Crippen LogP) is 4.67. The van der Waals surface area contributed by atoms with E-state index in [1.807, 2.05) is 31.2 Å². The van der Waals surface area contributed by atoms with Gasteiger partial charge in [-0.25, -0.2) is 15.0 Å². The van der Waals surface area contributed by atoms with Gasteiger partial charge in [-0.05, 0) is 58.7 Å². The zero-order chi connectivity index (χ0) is 17.1. The molecular formula is C16H14BrClN6. The van der Waals surface area contributed by atoms with Crippen molar-refractivity contribution in [2.75, 3.05) is 16.4 Å². The highest BCUT2D eigenvalue weighted by Gasteiger charge is 2.10. The van der Waals surface area contributed by atoms with Crippen molar-refractivity contribution in [3.05, 3.63) is 57.9 Å². The summed E-state index contributed by atoms with van der Waals surface area (Å²) < 4.78 is 0.893. The van der Waals surface area contributed by atoms with E-state index in [-0.39, 0.29) is 0 Å². The number of hydrogen-bond donors (Lipinski definition) is 3. The van der Waals surface area contributed by atoms with Crippen molar-refractivity contribution >= 4 is 56.4 Å². The lowest BCUT2D eigenvalue weighted by Gasteiger charge is -2.13. The summed E-state index contributed by atoms with van der Waals surface area (Å²) in [5.74, 6) is 1.63. The van der Waals surface area contributed by atoms with Gasteiger partial charge in [0, 0.05) is 21.4 Å². The van der Waals surface area contributed by atoms with E-state index in [4.69, 9.17) is 17.3 Å². The molecule has 2 heterocycles. The Hall–Kier alpha value is -2.38. The fourth-order valence-corrected chi connectivity index (χ4v) is 2.52. The number of nitrogens with zero attached hydrogens (tertiary/aromatic N) is 3. The van der Waals surface area contributed by atoms with Crippen molar-refractivity contribution in [3.8, 4) is 0 Å². The minimum absolute atomic E-state index is 0.400. The zero-order valence-corrected chi connectivity index (χ0v) is 15.1. The largest absolute Gasteiger partial charge is 0.393 e. The monoisotopic (exact) mass is 404 g/mol. The average molecular weight is 406 g/mol. The smallest absolute Gasteiger partial charge is 0.160 e. The van der Waals surface area contributed by atoms with Crippen LogP contribution < -0.4 is 16.4 Å². The molecule has 8 heteroatoms. The molecule has 1 aromatic carbocycles. The van der Waals surface area contributed by atoms with Crippen LogP contribution in [0.4, 0.5) is 28.8 Å². The Kier molecular flexibility index (Phi) is 4.82. The van der Waals surface area contributed by atoms with Gasteiger partial charge < -0.3 is 16.4 Å². The summed E-state index contributed by atoms with van der Waals surface area (Å²) in [6.07, 6.45) is 3.13. The molecule has 122 valence electrons. The van der Waals surface area contributed by atoms with E-state index >= 15 is 0 Å². The maximum Gasteiger partial charge on any atom is 0.160 e. The average Bonchev–Trinajstić information content (AvgIpc) is 2.55. The summed E-state index contributed by atoms with van der Waals surface area (Å²) in [4.78, 5) is 12.6. The van der Waals surface area contributed by atoms with E-state index in [0.29, 0.717) is 28.2 Å². The number of nitrogens with one attached hydrogen (secondary N) is 2. The van der Waals surface area contributed by atoms with E-state index in [0.717, 1.165) is 15.7 Å². The summed E-state index contributed by atoms with van der Waals surface area (Å²) in [6.45, 7) is 1.95. The number of benzene rings is 1. The van der Waals surface area contributed by atoms with Crippen LogP contribution in [0.2, 0.25) is 5.02 Å². The number of aryl methyl sites for hydroxylation is 1. The summed E-state index contributed by atoms with van der Waals surface area (Å²) in [5.41, 5.74) is 8.44. The molecule has 0 fully saturated rings. The van der Waals surface area contributed by atoms with E-state index in [9.17, 15) is 0 Å². The van der Waals surface area contributed by atoms with E-state index in [1.165, 1.54) is 6.33 Å². The standard InChI is InChI=1S/C16H14BrClN6/c1-9-6-11(18)3-4-12(9)23-15-14(19)16(22-8-21-15)24-13-5-2-10(17)7-20-13/h2-8H,19H2,1H3,(H2,20,21,22,23,24). The molecular weight excluding hydrogens is 392 g/mol. The Morgan fingerprint density at radius 2 is 1.79 bits per heavy atom. The third-order valence-electron chi connectivity index (χ3n) is 3.30. The van der Waals surface area contributed by atoms with Gasteiger partial charge in [0.15, 0.2) is 11.6 Å². The molecule has 0 saturated heterocycles. The molecule has 2 aromatic heterocycles. The second-order valence-corrected chi connectivity index (χ2v) is 6.41. The van der Waals surface area contributed by atoms with Crippen molar-refractivity contribution < 1.29 is 0 Å². The molecule has 4 N–H and O–H groups in total. The fraction of sp³-hybridized carbons (Fsp3) is 0.0625. The molecule has 0 aliphatic heterocycles. The molecule has 0 radical (unpaired) electrons. The number of halogens is 2. The van der Waals surface area contributed by atoms with Gasteiger partial charge in [0.2, 0.25) is 0 Å². The molecule has 0 unspecified atom stereocenters. The maximum atomic E-state index is 6.18. The number of pyridine rings is 1. The Morgan fingerprint density at radius 1 is 1.04 bits per heavy atom. The van der Waals surface area contributed by atoms with Crippen LogP contribution in [0.1, 0.15) is 5.56 Å². The third-order valence-corrected chi connectivity index (χ3v) is 4.00. The van der Waals surface area contributed by atoms with Crippen LogP contribution in [0.15, 0.2) is 47.3 Å². The lowest BCUT2D eigenvalue weighted by atomic mass is 10.2. The number of nitrogens with two attached hydrogens (primary N) is 1. The van der Waals surface area contributed by atoms with E-state index in [2.05, 4.69) is 41.5 Å². The molecule has 3 rings (SSSR count). The molecule has 6 nitrogen and oxygen atoms in total. The number of rotatable bonds is 4. The van der Waals surface area contributed by atoms with Crippen LogP contribution in [-0.2, 0) is 0 Å². The van der Waals surface area contributed by atoms with Crippen molar-refractivity contribution in [3.63, 3.8) is 0 Å². The topological polar surface area (TPSA) is 88.8 Å². The highest BCUT2D eigenvalue weighted by Crippen LogP contribution is 2.29. The van der Waals surface area contributed by atoms with E-state index in [1.54, 1.807) is 12.3 Å². The van der Waals surface area contributed by atoms with Crippen LogP contribution in [-0.4, -0.2) is 15.0 Å². The normalized spacial score (nSPS) is 10.5. The van der Waals surface area contributed by atoms with Gasteiger partial charge in [0.05, 0.1) is 0 Å². The second kappa shape index (κ2) is 7.02. The van der Waals surface area contributed by atoms with E-state index < -0.39 is 0 Å². The number of hydrogen-bond acceptors (Lipinski definition) is 6. The fourth-order valence-electron chi connectivity index (χ4n) is 2.06. The first-order chi connectivity index (χ1) is 11.5. The van der Waals surface area contributed by atoms with Gasteiger partial charge in [0.25, 0.3) is 0 Å². The summed E-state index contributed by atoms with van der Waals surface area (Å²) in [6, 6.07) is 9.25. The van der Waals surface area contributed by atoms with Gasteiger partial charge in [-0.15, -0.1) is 0 Å². The summed E-state index contributed by atoms with van der Waals surface area (Å²) >= 11 is 9.33. The lowest BCUT2D eigenvalue weighted by molar-refractivity contribution is 1.16. The molecule has 0 saturated carbocycles. The molecule has 0 atom stereocenters. The van der Waals surface area contributed by atoms with Crippen LogP contribution in [0.3, 0.4) is 0 Å². The Morgan fingerprint density at radius 3 is 2.46 bits per heavy atom. The maximum absolute atomic E-state index is 6.18. The first kappa shape index (κ1) is 16.5. The first-order valence-corrected chi connectivity index (χ1v) is 8.22. The number of nitrogen functional groups attached to an aromatic ring is 1. The minimum atomic E-state index is 0.400. The van der Waals surface area contributed by atoms with Gasteiger partial charge in [-0.3, -0.25) is 0 Å². The quantitative estimate of drug-likeness (QED) is 0.585. The predicted molar refractivity (Wildman–Crippen MR) is 101 cm³/mol. The Bertz CT molecular complexity index is 869. The Labute approximate surface area is 152 Å². The molecule has 24 heavy (non-hydrogen) atoms. The lowest BCUT2D eigenvalue weighted by Crippen LogP contribution is -2.06. The van der Waals surface area contributed by atoms with Gasteiger partial charge in [0.1, 0.15) is 17.8 Å². The van der Waals surface area contributed by atoms with Gasteiger partial charge >= 0.3 is 0 Å².